The topological polar surface area (TPSA) is 164 Å². The van der Waals surface area contributed by atoms with Crippen LogP contribution in [0.1, 0.15) is 45.4 Å². The summed E-state index contributed by atoms with van der Waals surface area (Å²) < 4.78 is 43.9. The van der Waals surface area contributed by atoms with Gasteiger partial charge in [0.05, 0.1) is 16.8 Å². The minimum absolute atomic E-state index is 0.00655. The largest absolute Gasteiger partial charge is 0.433 e. The molecule has 0 bridgehead atoms. The maximum Gasteiger partial charge on any atom is 0.433 e. The van der Waals surface area contributed by atoms with E-state index in [2.05, 4.69) is 20.5 Å². The first-order valence-corrected chi connectivity index (χ1v) is 11.6. The molecule has 194 valence electrons. The van der Waals surface area contributed by atoms with Gasteiger partial charge in [0.2, 0.25) is 5.69 Å². The number of alkyl halides is 3. The number of nitrogens with one attached hydrogen (secondary N) is 1. The summed E-state index contributed by atoms with van der Waals surface area (Å²) >= 11 is 0.565. The summed E-state index contributed by atoms with van der Waals surface area (Å²) in [5, 5.41) is 21.9. The van der Waals surface area contributed by atoms with Crippen LogP contribution in [0, 0.1) is 17.0 Å². The number of rotatable bonds is 7. The molecular formula is C21H19F3N8O4S. The van der Waals surface area contributed by atoms with E-state index in [0.29, 0.717) is 29.1 Å². The van der Waals surface area contributed by atoms with E-state index in [-0.39, 0.29) is 32.9 Å². The number of carbonyl (C=O) groups is 2. The van der Waals surface area contributed by atoms with Crippen LogP contribution in [0.15, 0.2) is 18.5 Å². The molecule has 0 spiro atoms. The first kappa shape index (κ1) is 25.7. The van der Waals surface area contributed by atoms with Gasteiger partial charge in [-0.1, -0.05) is 0 Å². The molecular weight excluding hydrogens is 517 g/mol. The first-order valence-electron chi connectivity index (χ1n) is 10.8. The van der Waals surface area contributed by atoms with Crippen molar-refractivity contribution in [2.24, 2.45) is 5.73 Å². The van der Waals surface area contributed by atoms with Crippen LogP contribution in [0.5, 0.6) is 0 Å². The molecule has 0 saturated heterocycles. The van der Waals surface area contributed by atoms with E-state index < -0.39 is 40.0 Å². The summed E-state index contributed by atoms with van der Waals surface area (Å²) in [5.41, 5.74) is 3.94. The van der Waals surface area contributed by atoms with Crippen LogP contribution < -0.4 is 11.1 Å². The number of aryl methyl sites for hydroxylation is 2. The highest BCUT2D eigenvalue weighted by Crippen LogP contribution is 2.44. The molecule has 4 rings (SSSR count). The Hall–Kier alpha value is -4.34. The van der Waals surface area contributed by atoms with Crippen LogP contribution in [-0.2, 0) is 19.3 Å². The van der Waals surface area contributed by atoms with E-state index >= 15 is 0 Å². The van der Waals surface area contributed by atoms with E-state index in [1.165, 1.54) is 6.20 Å². The normalized spacial score (nSPS) is 11.7. The number of carbonyl (C=O) groups excluding carboxylic acids is 2. The van der Waals surface area contributed by atoms with Crippen molar-refractivity contribution in [1.29, 1.82) is 0 Å². The molecule has 0 radical (unpaired) electrons. The van der Waals surface area contributed by atoms with Crippen LogP contribution in [0.25, 0.3) is 21.3 Å². The van der Waals surface area contributed by atoms with Crippen LogP contribution in [0.3, 0.4) is 0 Å². The lowest BCUT2D eigenvalue weighted by atomic mass is 10.0. The molecule has 16 heteroatoms. The number of pyridine rings is 1. The van der Waals surface area contributed by atoms with Crippen molar-refractivity contribution in [3.05, 3.63) is 50.5 Å². The summed E-state index contributed by atoms with van der Waals surface area (Å²) in [6, 6.07) is 0.804. The van der Waals surface area contributed by atoms with E-state index in [0.717, 1.165) is 16.9 Å². The van der Waals surface area contributed by atoms with Crippen molar-refractivity contribution in [2.75, 3.05) is 5.32 Å². The summed E-state index contributed by atoms with van der Waals surface area (Å²) in [4.78, 5) is 39.4. The van der Waals surface area contributed by atoms with Gasteiger partial charge in [-0.15, -0.1) is 11.3 Å². The average molecular weight is 536 g/mol. The molecule has 4 heterocycles. The Morgan fingerprint density at radius 1 is 1.16 bits per heavy atom. The molecule has 0 fully saturated rings. The minimum Gasteiger partial charge on any atom is -0.365 e. The Morgan fingerprint density at radius 2 is 1.81 bits per heavy atom. The average Bonchev–Trinajstić information content (AvgIpc) is 3.52. The monoisotopic (exact) mass is 536 g/mol. The van der Waals surface area contributed by atoms with Gasteiger partial charge in [0.25, 0.3) is 11.8 Å². The zero-order valence-corrected chi connectivity index (χ0v) is 20.4. The maximum atomic E-state index is 13.7. The highest BCUT2D eigenvalue weighted by atomic mass is 32.1. The quantitative estimate of drug-likeness (QED) is 0.266. The molecule has 12 nitrogen and oxygen atoms in total. The van der Waals surface area contributed by atoms with Crippen molar-refractivity contribution >= 4 is 44.7 Å². The number of aromatic nitrogens is 5. The number of hydrogen-bond acceptors (Lipinski definition) is 8. The lowest BCUT2D eigenvalue weighted by Gasteiger charge is -2.12. The lowest BCUT2D eigenvalue weighted by molar-refractivity contribution is -0.385. The molecule has 0 aliphatic carbocycles. The Balaban J connectivity index is 2.02. The molecule has 0 aliphatic heterocycles. The van der Waals surface area contributed by atoms with Crippen molar-refractivity contribution in [2.45, 2.75) is 40.0 Å². The number of halogens is 3. The molecule has 0 atom stereocenters. The molecule has 0 aliphatic rings. The van der Waals surface area contributed by atoms with Crippen molar-refractivity contribution in [3.8, 4) is 11.1 Å². The number of nitro groups is 1. The Labute approximate surface area is 210 Å². The highest BCUT2D eigenvalue weighted by molar-refractivity contribution is 7.21. The fraction of sp³-hybridized carbons (Fsp3) is 0.286. The summed E-state index contributed by atoms with van der Waals surface area (Å²) in [5.74, 6) is -2.03. The van der Waals surface area contributed by atoms with Gasteiger partial charge >= 0.3 is 11.9 Å². The van der Waals surface area contributed by atoms with Crippen LogP contribution >= 0.6 is 11.3 Å². The second-order valence-corrected chi connectivity index (χ2v) is 8.77. The number of nitrogens with two attached hydrogens (primary N) is 1. The predicted octanol–water partition coefficient (Wildman–Crippen LogP) is 3.98. The van der Waals surface area contributed by atoms with E-state index in [1.54, 1.807) is 25.5 Å². The first-order chi connectivity index (χ1) is 17.4. The number of thiophene rings is 1. The van der Waals surface area contributed by atoms with Crippen molar-refractivity contribution in [1.82, 2.24) is 24.5 Å². The molecule has 0 unspecified atom stereocenters. The van der Waals surface area contributed by atoms with Gasteiger partial charge < -0.3 is 11.1 Å². The fourth-order valence-corrected chi connectivity index (χ4v) is 4.94. The van der Waals surface area contributed by atoms with Crippen LogP contribution in [-0.4, -0.2) is 41.3 Å². The zero-order chi connectivity index (χ0) is 27.2. The Morgan fingerprint density at radius 3 is 2.35 bits per heavy atom. The van der Waals surface area contributed by atoms with Gasteiger partial charge in [-0.2, -0.15) is 23.4 Å². The third kappa shape index (κ3) is 4.39. The number of anilines is 1. The highest BCUT2D eigenvalue weighted by Gasteiger charge is 2.36. The SMILES string of the molecule is CCn1ncc(-c2cc(C(F)(F)F)nc3sc(C(N)=O)c(NC(=O)c4c([N+](=O)[O-])cnn4CC)c23)c1C. The number of hydrogen-bond donors (Lipinski definition) is 2. The number of amides is 2. The zero-order valence-electron chi connectivity index (χ0n) is 19.6. The van der Waals surface area contributed by atoms with Crippen molar-refractivity contribution < 1.29 is 27.7 Å². The van der Waals surface area contributed by atoms with Gasteiger partial charge in [-0.05, 0) is 32.4 Å². The minimum atomic E-state index is -4.81. The van der Waals surface area contributed by atoms with Crippen LogP contribution in [0.2, 0.25) is 0 Å². The smallest absolute Gasteiger partial charge is 0.365 e. The molecule has 2 amide bonds. The van der Waals surface area contributed by atoms with Gasteiger partial charge in [0.15, 0.2) is 0 Å². The Bertz CT molecular complexity index is 1570. The van der Waals surface area contributed by atoms with Gasteiger partial charge in [-0.3, -0.25) is 29.1 Å². The Kier molecular flexibility index (Phi) is 6.45. The van der Waals surface area contributed by atoms with Gasteiger partial charge in [0, 0.05) is 29.7 Å². The summed E-state index contributed by atoms with van der Waals surface area (Å²) in [6.45, 7) is 5.63. The third-order valence-corrected chi connectivity index (χ3v) is 6.74. The van der Waals surface area contributed by atoms with E-state index in [1.807, 2.05) is 0 Å². The maximum absolute atomic E-state index is 13.7. The lowest BCUT2D eigenvalue weighted by Crippen LogP contribution is -2.21. The van der Waals surface area contributed by atoms with E-state index in [4.69, 9.17) is 5.73 Å². The van der Waals surface area contributed by atoms with Crippen LogP contribution in [0.4, 0.5) is 24.5 Å². The summed E-state index contributed by atoms with van der Waals surface area (Å²) in [7, 11) is 0. The summed E-state index contributed by atoms with van der Waals surface area (Å²) in [6.07, 6.45) is -2.53. The molecule has 37 heavy (non-hydrogen) atoms. The number of nitrogens with zero attached hydrogens (tertiary/aromatic N) is 6. The third-order valence-electron chi connectivity index (χ3n) is 5.64. The number of fused-ring (bicyclic) bond motifs is 1. The second-order valence-electron chi connectivity index (χ2n) is 7.77. The van der Waals surface area contributed by atoms with E-state index in [9.17, 15) is 32.9 Å². The van der Waals surface area contributed by atoms with Crippen molar-refractivity contribution in [3.63, 3.8) is 0 Å². The van der Waals surface area contributed by atoms with Gasteiger partial charge in [0.1, 0.15) is 21.6 Å². The molecule has 4 aromatic heterocycles. The standard InChI is InChI=1S/C21H19F3N8O4S/c1-4-30-9(3)11(7-26-30)10-6-13(21(22,23)24)28-20-14(10)15(17(37-20)18(25)33)29-19(34)16-12(32(35)36)8-27-31(16)5-2/h6-8H,4-5H2,1-3H3,(H2,25,33)(H,29,34). The molecule has 3 N–H and O–H groups in total. The predicted molar refractivity (Wildman–Crippen MR) is 127 cm³/mol. The number of primary amides is 1. The fourth-order valence-electron chi connectivity index (χ4n) is 3.93. The molecule has 4 aromatic rings. The molecule has 0 saturated carbocycles. The molecule has 0 aromatic carbocycles. The second kappa shape index (κ2) is 9.27. The van der Waals surface area contributed by atoms with Gasteiger partial charge in [-0.25, -0.2) is 4.98 Å².